The second-order valence-electron chi connectivity index (χ2n) is 1.60. The monoisotopic (exact) mass is 126 g/mol. The zero-order valence-electron chi connectivity index (χ0n) is 5.01. The van der Waals surface area contributed by atoms with Crippen LogP contribution in [0.2, 0.25) is 0 Å². The lowest BCUT2D eigenvalue weighted by atomic mass is 10.5. The maximum absolute atomic E-state index is 4.10. The van der Waals surface area contributed by atoms with Gasteiger partial charge in [-0.05, 0) is 6.92 Å². The van der Waals surface area contributed by atoms with Gasteiger partial charge < -0.3 is 0 Å². The first-order valence-electron chi connectivity index (χ1n) is 2.54. The van der Waals surface area contributed by atoms with Gasteiger partial charge in [-0.1, -0.05) is 6.92 Å². The van der Waals surface area contributed by atoms with Crippen LogP contribution in [0.5, 0.6) is 0 Å². The molecule has 0 atom stereocenters. The molecule has 0 aromatic carbocycles. The van der Waals surface area contributed by atoms with Crippen LogP contribution in [0, 0.1) is 13.3 Å². The number of aromatic nitrogens is 1. The van der Waals surface area contributed by atoms with Crippen LogP contribution in [0.25, 0.3) is 0 Å². The van der Waals surface area contributed by atoms with Crippen molar-refractivity contribution in [2.75, 3.05) is 0 Å². The summed E-state index contributed by atoms with van der Waals surface area (Å²) >= 11 is 1.72. The summed E-state index contributed by atoms with van der Waals surface area (Å²) in [5, 5.41) is 1.11. The van der Waals surface area contributed by atoms with Crippen LogP contribution in [0.4, 0.5) is 0 Å². The van der Waals surface area contributed by atoms with Crippen molar-refractivity contribution in [3.63, 3.8) is 0 Å². The van der Waals surface area contributed by atoms with Gasteiger partial charge in [-0.2, -0.15) is 0 Å². The first-order valence-corrected chi connectivity index (χ1v) is 3.36. The van der Waals surface area contributed by atoms with Crippen molar-refractivity contribution in [3.05, 3.63) is 22.5 Å². The largest absolute Gasteiger partial charge is 0.249 e. The second kappa shape index (κ2) is 2.27. The number of nitrogens with zero attached hydrogens (tertiary/aromatic N) is 1. The Bertz CT molecular complexity index is 169. The minimum absolute atomic E-state index is 1.11. The third kappa shape index (κ3) is 1.07. The molecule has 1 nitrogen and oxygen atoms in total. The fourth-order valence-corrected chi connectivity index (χ4v) is 1.16. The molecule has 1 aromatic heterocycles. The molecule has 0 saturated heterocycles. The molecule has 0 spiro atoms. The quantitative estimate of drug-likeness (QED) is 0.561. The fourth-order valence-electron chi connectivity index (χ4n) is 0.506. The Labute approximate surface area is 53.4 Å². The predicted molar refractivity (Wildman–Crippen MR) is 35.9 cm³/mol. The number of hydrogen-bond acceptors (Lipinski definition) is 2. The maximum atomic E-state index is 4.10. The summed E-state index contributed by atoms with van der Waals surface area (Å²) in [7, 11) is 0. The molecule has 8 heavy (non-hydrogen) atoms. The normalized spacial score (nSPS) is 9.75. The summed E-state index contributed by atoms with van der Waals surface area (Å²) in [5.74, 6) is 0. The topological polar surface area (TPSA) is 12.9 Å². The van der Waals surface area contributed by atoms with Crippen LogP contribution in [0.15, 0.2) is 6.20 Å². The highest BCUT2D eigenvalue weighted by Gasteiger charge is 1.91. The number of aryl methyl sites for hydroxylation is 1. The third-order valence-electron chi connectivity index (χ3n) is 0.886. The van der Waals surface area contributed by atoms with Crippen molar-refractivity contribution in [3.8, 4) is 0 Å². The van der Waals surface area contributed by atoms with Gasteiger partial charge in [0.05, 0.1) is 5.01 Å². The van der Waals surface area contributed by atoms with E-state index in [1.807, 2.05) is 19.5 Å². The van der Waals surface area contributed by atoms with Gasteiger partial charge in [0.15, 0.2) is 0 Å². The molecule has 0 amide bonds. The molecule has 43 valence electrons. The van der Waals surface area contributed by atoms with Crippen LogP contribution in [-0.2, 0) is 0 Å². The minimum atomic E-state index is 1.11. The Hall–Kier alpha value is -0.370. The van der Waals surface area contributed by atoms with Gasteiger partial charge in [-0.25, -0.2) is 4.98 Å². The lowest BCUT2D eigenvalue weighted by molar-refractivity contribution is 1.28. The third-order valence-corrected chi connectivity index (χ3v) is 1.86. The Morgan fingerprint density at radius 2 is 2.50 bits per heavy atom. The van der Waals surface area contributed by atoms with E-state index in [1.54, 1.807) is 11.3 Å². The molecule has 0 aliphatic heterocycles. The molecular formula is C6H8NS. The first-order chi connectivity index (χ1) is 3.83. The van der Waals surface area contributed by atoms with Gasteiger partial charge in [-0.3, -0.25) is 0 Å². The van der Waals surface area contributed by atoms with Crippen molar-refractivity contribution in [2.24, 2.45) is 0 Å². The number of thiazole rings is 1. The van der Waals surface area contributed by atoms with Gasteiger partial charge in [0.2, 0.25) is 0 Å². The number of hydrogen-bond donors (Lipinski definition) is 0. The average molecular weight is 126 g/mol. The van der Waals surface area contributed by atoms with E-state index in [1.165, 1.54) is 4.88 Å². The molecule has 2 heteroatoms. The van der Waals surface area contributed by atoms with Gasteiger partial charge in [0.25, 0.3) is 0 Å². The molecule has 0 fully saturated rings. The van der Waals surface area contributed by atoms with E-state index >= 15 is 0 Å². The van der Waals surface area contributed by atoms with Crippen LogP contribution in [-0.4, -0.2) is 4.98 Å². The molecule has 1 heterocycles. The standard InChI is InChI=1S/C6H8NS/c1-3-6-7-4-5(2)8-6/h3-4H,1-2H3. The number of rotatable bonds is 1. The molecule has 0 aliphatic rings. The van der Waals surface area contributed by atoms with Crippen LogP contribution in [0.3, 0.4) is 0 Å². The van der Waals surface area contributed by atoms with Gasteiger partial charge in [0.1, 0.15) is 0 Å². The van der Waals surface area contributed by atoms with Crippen molar-refractivity contribution in [1.82, 2.24) is 4.98 Å². The molecule has 1 aromatic rings. The summed E-state index contributed by atoms with van der Waals surface area (Å²) in [6.45, 7) is 4.06. The maximum Gasteiger partial charge on any atom is 0.0962 e. The van der Waals surface area contributed by atoms with E-state index in [2.05, 4.69) is 11.9 Å². The smallest absolute Gasteiger partial charge is 0.0962 e. The summed E-state index contributed by atoms with van der Waals surface area (Å²) in [4.78, 5) is 5.37. The minimum Gasteiger partial charge on any atom is -0.249 e. The fraction of sp³-hybridized carbons (Fsp3) is 0.333. The highest BCUT2D eigenvalue weighted by molar-refractivity contribution is 7.11. The molecular weight excluding hydrogens is 118 g/mol. The molecule has 0 N–H and O–H groups in total. The Balaban J connectivity index is 2.84. The van der Waals surface area contributed by atoms with Crippen LogP contribution < -0.4 is 0 Å². The van der Waals surface area contributed by atoms with E-state index in [0.717, 1.165) is 5.01 Å². The molecule has 0 bridgehead atoms. The highest BCUT2D eigenvalue weighted by atomic mass is 32.1. The van der Waals surface area contributed by atoms with Gasteiger partial charge in [-0.15, -0.1) is 11.3 Å². The Morgan fingerprint density at radius 3 is 2.75 bits per heavy atom. The molecule has 0 saturated carbocycles. The molecule has 0 aliphatic carbocycles. The van der Waals surface area contributed by atoms with E-state index < -0.39 is 0 Å². The van der Waals surface area contributed by atoms with Crippen LogP contribution in [0.1, 0.15) is 16.8 Å². The van der Waals surface area contributed by atoms with E-state index in [9.17, 15) is 0 Å². The predicted octanol–water partition coefficient (Wildman–Crippen LogP) is 2.02. The zero-order chi connectivity index (χ0) is 5.98. The van der Waals surface area contributed by atoms with Crippen molar-refractivity contribution >= 4 is 11.3 Å². The molecule has 0 unspecified atom stereocenters. The van der Waals surface area contributed by atoms with E-state index in [-0.39, 0.29) is 0 Å². The Kier molecular flexibility index (Phi) is 1.63. The van der Waals surface area contributed by atoms with E-state index in [4.69, 9.17) is 0 Å². The lowest BCUT2D eigenvalue weighted by Gasteiger charge is -1.77. The van der Waals surface area contributed by atoms with Crippen molar-refractivity contribution < 1.29 is 0 Å². The van der Waals surface area contributed by atoms with Gasteiger partial charge in [0, 0.05) is 17.5 Å². The summed E-state index contributed by atoms with van der Waals surface area (Å²) in [6.07, 6.45) is 3.90. The molecule has 1 radical (unpaired) electrons. The first kappa shape index (κ1) is 5.76. The van der Waals surface area contributed by atoms with E-state index in [0.29, 0.717) is 0 Å². The zero-order valence-corrected chi connectivity index (χ0v) is 5.83. The van der Waals surface area contributed by atoms with Crippen molar-refractivity contribution in [1.29, 1.82) is 0 Å². The average Bonchev–Trinajstić information content (AvgIpc) is 2.14. The SMILES string of the molecule is C[CH]c1ncc(C)s1. The lowest BCUT2D eigenvalue weighted by Crippen LogP contribution is -1.67. The summed E-state index contributed by atoms with van der Waals surface area (Å²) in [5.41, 5.74) is 0. The Morgan fingerprint density at radius 1 is 1.75 bits per heavy atom. The summed E-state index contributed by atoms with van der Waals surface area (Å²) < 4.78 is 0. The highest BCUT2D eigenvalue weighted by Crippen LogP contribution is 2.11. The summed E-state index contributed by atoms with van der Waals surface area (Å²) in [6, 6.07) is 0. The van der Waals surface area contributed by atoms with Crippen LogP contribution >= 0.6 is 11.3 Å². The second-order valence-corrected chi connectivity index (χ2v) is 2.86. The molecule has 1 rings (SSSR count). The van der Waals surface area contributed by atoms with Gasteiger partial charge >= 0.3 is 0 Å². The van der Waals surface area contributed by atoms with Crippen molar-refractivity contribution in [2.45, 2.75) is 13.8 Å².